The van der Waals surface area contributed by atoms with Gasteiger partial charge in [-0.25, -0.2) is 0 Å². The molecule has 2 aromatic rings. The van der Waals surface area contributed by atoms with Crippen molar-refractivity contribution >= 4 is 23.2 Å². The number of rotatable bonds is 6. The van der Waals surface area contributed by atoms with Gasteiger partial charge in [-0.15, -0.1) is 0 Å². The molecular weight excluding hydrogens is 402 g/mol. The highest BCUT2D eigenvalue weighted by atomic mass is 16.5. The summed E-state index contributed by atoms with van der Waals surface area (Å²) in [6, 6.07) is 16.1. The van der Waals surface area contributed by atoms with Crippen LogP contribution >= 0.6 is 0 Å². The van der Waals surface area contributed by atoms with Crippen LogP contribution in [0.25, 0.3) is 0 Å². The van der Waals surface area contributed by atoms with Gasteiger partial charge in [-0.1, -0.05) is 31.2 Å². The number of ether oxygens (including phenoxy) is 1. The standard InChI is InChI=1S/C26H33N3O3/c1-4-24(30)28-15-13-19(14-16-28)18-27(2)21-9-11-22(12-10-21)29-25(31)17-20-7-5-6-8-23(20)26(29)32-3/h5-12,19,26H,4,13-18H2,1-3H3. The number of hydrogen-bond acceptors (Lipinski definition) is 4. The van der Waals surface area contributed by atoms with E-state index in [9.17, 15) is 9.59 Å². The zero-order valence-electron chi connectivity index (χ0n) is 19.3. The summed E-state index contributed by atoms with van der Waals surface area (Å²) in [6.45, 7) is 4.61. The van der Waals surface area contributed by atoms with Gasteiger partial charge in [0, 0.05) is 57.2 Å². The summed E-state index contributed by atoms with van der Waals surface area (Å²) in [5.74, 6) is 0.889. The Morgan fingerprint density at radius 1 is 1.09 bits per heavy atom. The Bertz CT molecular complexity index is 951. The predicted molar refractivity (Wildman–Crippen MR) is 127 cm³/mol. The molecule has 1 unspecified atom stereocenters. The van der Waals surface area contributed by atoms with Crippen LogP contribution in [0.2, 0.25) is 0 Å². The van der Waals surface area contributed by atoms with E-state index in [0.29, 0.717) is 18.8 Å². The number of anilines is 2. The van der Waals surface area contributed by atoms with E-state index in [2.05, 4.69) is 24.1 Å². The molecule has 0 N–H and O–H groups in total. The molecule has 0 saturated carbocycles. The number of piperidine rings is 1. The van der Waals surface area contributed by atoms with Gasteiger partial charge in [0.25, 0.3) is 0 Å². The number of amides is 2. The van der Waals surface area contributed by atoms with Gasteiger partial charge in [-0.3, -0.25) is 14.5 Å². The van der Waals surface area contributed by atoms with Gasteiger partial charge in [0.1, 0.15) is 0 Å². The highest BCUT2D eigenvalue weighted by Gasteiger charge is 2.33. The molecule has 1 saturated heterocycles. The van der Waals surface area contributed by atoms with Crippen LogP contribution in [0.4, 0.5) is 11.4 Å². The van der Waals surface area contributed by atoms with Crippen LogP contribution in [0.3, 0.4) is 0 Å². The summed E-state index contributed by atoms with van der Waals surface area (Å²) < 4.78 is 5.73. The molecular formula is C26H33N3O3. The molecule has 0 spiro atoms. The minimum atomic E-state index is -0.410. The van der Waals surface area contributed by atoms with Crippen LogP contribution in [-0.4, -0.2) is 50.5 Å². The lowest BCUT2D eigenvalue weighted by molar-refractivity contribution is -0.132. The number of fused-ring (bicyclic) bond motifs is 1. The second kappa shape index (κ2) is 9.74. The maximum absolute atomic E-state index is 12.9. The van der Waals surface area contributed by atoms with E-state index in [1.165, 1.54) is 0 Å². The van der Waals surface area contributed by atoms with Crippen LogP contribution in [-0.2, 0) is 20.7 Å². The molecule has 0 radical (unpaired) electrons. The van der Waals surface area contributed by atoms with Gasteiger partial charge in [-0.05, 0) is 48.6 Å². The van der Waals surface area contributed by atoms with Crippen molar-refractivity contribution in [2.75, 3.05) is 43.6 Å². The van der Waals surface area contributed by atoms with Crippen molar-refractivity contribution in [3.63, 3.8) is 0 Å². The van der Waals surface area contributed by atoms with Crippen molar-refractivity contribution in [1.29, 1.82) is 0 Å². The normalized spacial score (nSPS) is 19.1. The van der Waals surface area contributed by atoms with Gasteiger partial charge >= 0.3 is 0 Å². The highest BCUT2D eigenvalue weighted by molar-refractivity contribution is 5.97. The number of hydrogen-bond donors (Lipinski definition) is 0. The summed E-state index contributed by atoms with van der Waals surface area (Å²) >= 11 is 0. The van der Waals surface area contributed by atoms with Gasteiger partial charge in [0.15, 0.2) is 6.23 Å². The van der Waals surface area contributed by atoms with Crippen LogP contribution in [0.1, 0.15) is 43.5 Å². The first-order chi connectivity index (χ1) is 15.5. The summed E-state index contributed by atoms with van der Waals surface area (Å²) in [6.07, 6.45) is 2.66. The van der Waals surface area contributed by atoms with E-state index in [1.54, 1.807) is 12.0 Å². The van der Waals surface area contributed by atoms with Crippen molar-refractivity contribution in [3.8, 4) is 0 Å². The van der Waals surface area contributed by atoms with Crippen LogP contribution in [0, 0.1) is 5.92 Å². The van der Waals surface area contributed by atoms with Gasteiger partial charge in [-0.2, -0.15) is 0 Å². The fourth-order valence-electron chi connectivity index (χ4n) is 4.91. The van der Waals surface area contributed by atoms with Crippen molar-refractivity contribution in [2.24, 2.45) is 5.92 Å². The van der Waals surface area contributed by atoms with Crippen molar-refractivity contribution in [2.45, 2.75) is 38.8 Å². The Kier molecular flexibility index (Phi) is 6.80. The smallest absolute Gasteiger partial charge is 0.233 e. The topological polar surface area (TPSA) is 53.1 Å². The number of carbonyl (C=O) groups is 2. The quantitative estimate of drug-likeness (QED) is 0.688. The minimum absolute atomic E-state index is 0.0463. The molecule has 1 fully saturated rings. The summed E-state index contributed by atoms with van der Waals surface area (Å²) in [5.41, 5.74) is 4.05. The molecule has 2 aromatic carbocycles. The zero-order valence-corrected chi connectivity index (χ0v) is 19.3. The summed E-state index contributed by atoms with van der Waals surface area (Å²) in [4.78, 5) is 30.8. The molecule has 0 aromatic heterocycles. The fraction of sp³-hybridized carbons (Fsp3) is 0.462. The average molecular weight is 436 g/mol. The molecule has 2 aliphatic heterocycles. The predicted octanol–water partition coefficient (Wildman–Crippen LogP) is 4.01. The Labute approximate surface area is 190 Å². The van der Waals surface area contributed by atoms with Crippen molar-refractivity contribution < 1.29 is 14.3 Å². The van der Waals surface area contributed by atoms with Crippen molar-refractivity contribution in [1.82, 2.24) is 4.90 Å². The molecule has 2 aliphatic rings. The first kappa shape index (κ1) is 22.3. The second-order valence-corrected chi connectivity index (χ2v) is 8.80. The van der Waals surface area contributed by atoms with Gasteiger partial charge < -0.3 is 14.5 Å². The summed E-state index contributed by atoms with van der Waals surface area (Å²) in [7, 11) is 3.76. The largest absolute Gasteiger partial charge is 0.374 e. The maximum Gasteiger partial charge on any atom is 0.233 e. The zero-order chi connectivity index (χ0) is 22.7. The van der Waals surface area contributed by atoms with Crippen molar-refractivity contribution in [3.05, 3.63) is 59.7 Å². The summed E-state index contributed by atoms with van der Waals surface area (Å²) in [5, 5.41) is 0. The number of likely N-dealkylation sites (tertiary alicyclic amines) is 1. The van der Waals surface area contributed by atoms with E-state index < -0.39 is 6.23 Å². The molecule has 0 bridgehead atoms. The average Bonchev–Trinajstić information content (AvgIpc) is 2.83. The number of carbonyl (C=O) groups excluding carboxylic acids is 2. The minimum Gasteiger partial charge on any atom is -0.374 e. The molecule has 170 valence electrons. The molecule has 6 heteroatoms. The second-order valence-electron chi connectivity index (χ2n) is 8.80. The molecule has 6 nitrogen and oxygen atoms in total. The third-order valence-electron chi connectivity index (χ3n) is 6.76. The van der Waals surface area contributed by atoms with E-state index in [4.69, 9.17) is 4.74 Å². The fourth-order valence-corrected chi connectivity index (χ4v) is 4.91. The van der Waals surface area contributed by atoms with Crippen LogP contribution < -0.4 is 9.80 Å². The third-order valence-corrected chi connectivity index (χ3v) is 6.76. The molecule has 4 rings (SSSR count). The monoisotopic (exact) mass is 435 g/mol. The Morgan fingerprint density at radius 3 is 2.44 bits per heavy atom. The first-order valence-corrected chi connectivity index (χ1v) is 11.5. The molecule has 32 heavy (non-hydrogen) atoms. The van der Waals surface area contributed by atoms with E-state index in [-0.39, 0.29) is 11.8 Å². The third kappa shape index (κ3) is 4.51. The lowest BCUT2D eigenvalue weighted by Crippen LogP contribution is -2.41. The van der Waals surface area contributed by atoms with Crippen LogP contribution in [0.5, 0.6) is 0 Å². The Hall–Kier alpha value is -2.86. The molecule has 0 aliphatic carbocycles. The first-order valence-electron chi connectivity index (χ1n) is 11.5. The lowest BCUT2D eigenvalue weighted by atomic mass is 9.95. The SMILES string of the molecule is CCC(=O)N1CCC(CN(C)c2ccc(N3C(=O)Cc4ccccc4C3OC)cc2)CC1. The number of benzene rings is 2. The maximum atomic E-state index is 12.9. The number of nitrogens with zero attached hydrogens (tertiary/aromatic N) is 3. The van der Waals surface area contributed by atoms with Gasteiger partial charge in [0.05, 0.1) is 6.42 Å². The van der Waals surface area contributed by atoms with E-state index in [1.807, 2.05) is 48.2 Å². The molecule has 1 atom stereocenters. The van der Waals surface area contributed by atoms with E-state index >= 15 is 0 Å². The molecule has 2 heterocycles. The van der Waals surface area contributed by atoms with Crippen LogP contribution in [0.15, 0.2) is 48.5 Å². The highest BCUT2D eigenvalue weighted by Crippen LogP contribution is 2.35. The Morgan fingerprint density at radius 2 is 1.78 bits per heavy atom. The van der Waals surface area contributed by atoms with E-state index in [0.717, 1.165) is 55.0 Å². The van der Waals surface area contributed by atoms with Gasteiger partial charge in [0.2, 0.25) is 11.8 Å². The number of methoxy groups -OCH3 is 1. The Balaban J connectivity index is 1.42. The molecule has 2 amide bonds. The lowest BCUT2D eigenvalue weighted by Gasteiger charge is -2.36.